The van der Waals surface area contributed by atoms with Crippen LogP contribution < -0.4 is 4.90 Å². The largest absolute Gasteiger partial charge is 0.339 e. The van der Waals surface area contributed by atoms with E-state index in [0.717, 1.165) is 11.3 Å². The highest BCUT2D eigenvalue weighted by Crippen LogP contribution is 2.33. The molecule has 1 amide bonds. The van der Waals surface area contributed by atoms with E-state index in [2.05, 4.69) is 23.1 Å². The Morgan fingerprint density at radius 2 is 2.09 bits per heavy atom. The maximum Gasteiger partial charge on any atom is 0.232 e. The number of aromatic nitrogens is 2. The van der Waals surface area contributed by atoms with E-state index in [0.29, 0.717) is 24.7 Å². The fraction of sp³-hybridized carbons (Fsp3) is 0.471. The van der Waals surface area contributed by atoms with Gasteiger partial charge in [0.15, 0.2) is 5.82 Å². The van der Waals surface area contributed by atoms with E-state index in [9.17, 15) is 4.79 Å². The molecule has 1 saturated heterocycles. The van der Waals surface area contributed by atoms with Crippen molar-refractivity contribution in [1.29, 1.82) is 0 Å². The molecular weight excluding hydrogens is 278 g/mol. The van der Waals surface area contributed by atoms with Gasteiger partial charge in [0.1, 0.15) is 0 Å². The molecule has 2 aromatic rings. The highest BCUT2D eigenvalue weighted by Gasteiger charge is 2.35. The predicted octanol–water partition coefficient (Wildman–Crippen LogP) is 3.33. The van der Waals surface area contributed by atoms with E-state index < -0.39 is 0 Å². The lowest BCUT2D eigenvalue weighted by molar-refractivity contribution is -0.117. The van der Waals surface area contributed by atoms with Crippen LogP contribution in [0.2, 0.25) is 0 Å². The van der Waals surface area contributed by atoms with Crippen molar-refractivity contribution in [3.05, 3.63) is 41.0 Å². The van der Waals surface area contributed by atoms with Gasteiger partial charge in [-0.3, -0.25) is 4.79 Å². The number of carbonyl (C=O) groups excluding carboxylic acids is 1. The first-order valence-electron chi connectivity index (χ1n) is 7.67. The summed E-state index contributed by atoms with van der Waals surface area (Å²) in [5.41, 5.74) is 3.28. The van der Waals surface area contributed by atoms with Crippen LogP contribution in [-0.4, -0.2) is 22.6 Å². The minimum atomic E-state index is -0.0202. The van der Waals surface area contributed by atoms with Gasteiger partial charge < -0.3 is 9.42 Å². The van der Waals surface area contributed by atoms with Crippen molar-refractivity contribution in [3.8, 4) is 0 Å². The van der Waals surface area contributed by atoms with Gasteiger partial charge in [0.2, 0.25) is 11.8 Å². The van der Waals surface area contributed by atoms with Gasteiger partial charge in [0, 0.05) is 24.6 Å². The summed E-state index contributed by atoms with van der Waals surface area (Å²) in [5, 5.41) is 4.00. The van der Waals surface area contributed by atoms with Crippen LogP contribution in [0.5, 0.6) is 0 Å². The summed E-state index contributed by atoms with van der Waals surface area (Å²) in [4.78, 5) is 18.6. The molecule has 5 nitrogen and oxygen atoms in total. The Morgan fingerprint density at radius 1 is 1.32 bits per heavy atom. The Bertz CT molecular complexity index is 706. The number of hydrogen-bond acceptors (Lipinski definition) is 4. The van der Waals surface area contributed by atoms with Gasteiger partial charge in [0.25, 0.3) is 0 Å². The number of amides is 1. The van der Waals surface area contributed by atoms with Crippen LogP contribution in [-0.2, 0) is 4.79 Å². The van der Waals surface area contributed by atoms with Crippen LogP contribution >= 0.6 is 0 Å². The Morgan fingerprint density at radius 3 is 2.73 bits per heavy atom. The first-order valence-corrected chi connectivity index (χ1v) is 7.67. The molecule has 0 aliphatic carbocycles. The molecule has 116 valence electrons. The molecule has 0 N–H and O–H groups in total. The quantitative estimate of drug-likeness (QED) is 0.872. The van der Waals surface area contributed by atoms with Crippen LogP contribution in [0.1, 0.15) is 54.9 Å². The third-order valence-electron chi connectivity index (χ3n) is 4.09. The minimum absolute atomic E-state index is 0.0202. The number of aryl methyl sites for hydroxylation is 2. The first kappa shape index (κ1) is 14.8. The van der Waals surface area contributed by atoms with Gasteiger partial charge in [-0.25, -0.2) is 0 Å². The zero-order valence-corrected chi connectivity index (χ0v) is 13.5. The van der Waals surface area contributed by atoms with Gasteiger partial charge >= 0.3 is 0 Å². The molecule has 0 saturated carbocycles. The molecule has 5 heteroatoms. The monoisotopic (exact) mass is 299 g/mol. The smallest absolute Gasteiger partial charge is 0.232 e. The van der Waals surface area contributed by atoms with Crippen molar-refractivity contribution >= 4 is 11.6 Å². The second-order valence-corrected chi connectivity index (χ2v) is 6.34. The molecular formula is C17H21N3O2. The van der Waals surface area contributed by atoms with Crippen molar-refractivity contribution < 1.29 is 9.32 Å². The van der Waals surface area contributed by atoms with Gasteiger partial charge in [-0.2, -0.15) is 4.98 Å². The van der Waals surface area contributed by atoms with Crippen LogP contribution in [0.3, 0.4) is 0 Å². The van der Waals surface area contributed by atoms with Crippen molar-refractivity contribution in [3.63, 3.8) is 0 Å². The summed E-state index contributed by atoms with van der Waals surface area (Å²) in [6.45, 7) is 8.74. The summed E-state index contributed by atoms with van der Waals surface area (Å²) < 4.78 is 5.35. The molecule has 0 bridgehead atoms. The van der Waals surface area contributed by atoms with Crippen LogP contribution in [0, 0.1) is 13.8 Å². The predicted molar refractivity (Wildman–Crippen MR) is 84.0 cm³/mol. The maximum absolute atomic E-state index is 12.4. The highest BCUT2D eigenvalue weighted by molar-refractivity contribution is 5.97. The maximum atomic E-state index is 12.4. The topological polar surface area (TPSA) is 59.2 Å². The van der Waals surface area contributed by atoms with Gasteiger partial charge in [-0.15, -0.1) is 0 Å². The molecule has 1 aliphatic heterocycles. The van der Waals surface area contributed by atoms with Crippen LogP contribution in [0.15, 0.2) is 22.7 Å². The summed E-state index contributed by atoms with van der Waals surface area (Å²) in [6, 6.07) is 6.14. The van der Waals surface area contributed by atoms with Crippen LogP contribution in [0.4, 0.5) is 5.69 Å². The molecule has 22 heavy (non-hydrogen) atoms. The number of anilines is 1. The third kappa shape index (κ3) is 2.63. The second-order valence-electron chi connectivity index (χ2n) is 6.34. The molecule has 2 heterocycles. The number of hydrogen-bond donors (Lipinski definition) is 0. The summed E-state index contributed by atoms with van der Waals surface area (Å²) in [6.07, 6.45) is 0.424. The number of carbonyl (C=O) groups is 1. The molecule has 3 rings (SSSR count). The summed E-state index contributed by atoms with van der Waals surface area (Å²) in [5.74, 6) is 1.59. The van der Waals surface area contributed by atoms with E-state index >= 15 is 0 Å². The molecule has 1 unspecified atom stereocenters. The van der Waals surface area contributed by atoms with Crippen LogP contribution in [0.25, 0.3) is 0 Å². The molecule has 1 aromatic carbocycles. The van der Waals surface area contributed by atoms with Crippen molar-refractivity contribution in [2.24, 2.45) is 0 Å². The van der Waals surface area contributed by atoms with Gasteiger partial charge in [-0.05, 0) is 25.5 Å². The van der Waals surface area contributed by atoms with Crippen molar-refractivity contribution in [2.45, 2.75) is 46.0 Å². The zero-order chi connectivity index (χ0) is 15.9. The number of rotatable bonds is 3. The lowest BCUT2D eigenvalue weighted by Gasteiger charge is -2.19. The summed E-state index contributed by atoms with van der Waals surface area (Å²) >= 11 is 0. The normalized spacial score (nSPS) is 18.5. The number of benzene rings is 1. The average Bonchev–Trinajstić information content (AvgIpc) is 3.06. The SMILES string of the molecule is Cc1ccc(N2CC(c3nc(C(C)C)no3)CC2=O)c(C)c1. The fourth-order valence-corrected chi connectivity index (χ4v) is 2.86. The minimum Gasteiger partial charge on any atom is -0.339 e. The van der Waals surface area contributed by atoms with E-state index in [4.69, 9.17) is 4.52 Å². The second kappa shape index (κ2) is 5.55. The molecule has 1 atom stereocenters. The number of nitrogens with zero attached hydrogens (tertiary/aromatic N) is 3. The van der Waals surface area contributed by atoms with E-state index in [1.165, 1.54) is 5.56 Å². The highest BCUT2D eigenvalue weighted by atomic mass is 16.5. The van der Waals surface area contributed by atoms with E-state index in [1.54, 1.807) is 0 Å². The third-order valence-corrected chi connectivity index (χ3v) is 4.09. The van der Waals surface area contributed by atoms with Gasteiger partial charge in [0.05, 0.1) is 5.92 Å². The Balaban J connectivity index is 1.83. The van der Waals surface area contributed by atoms with E-state index in [1.807, 2.05) is 37.8 Å². The first-order chi connectivity index (χ1) is 10.5. The lowest BCUT2D eigenvalue weighted by Crippen LogP contribution is -2.25. The Hall–Kier alpha value is -2.17. The van der Waals surface area contributed by atoms with Gasteiger partial charge in [-0.1, -0.05) is 36.7 Å². The zero-order valence-electron chi connectivity index (χ0n) is 13.5. The molecule has 1 fully saturated rings. The Kier molecular flexibility index (Phi) is 3.72. The van der Waals surface area contributed by atoms with Crippen molar-refractivity contribution in [2.75, 3.05) is 11.4 Å². The van der Waals surface area contributed by atoms with E-state index in [-0.39, 0.29) is 17.7 Å². The molecule has 1 aliphatic rings. The molecule has 0 radical (unpaired) electrons. The average molecular weight is 299 g/mol. The molecule has 1 aromatic heterocycles. The standard InChI is InChI=1S/C17H21N3O2/c1-10(2)16-18-17(22-19-16)13-8-15(21)20(9-13)14-6-5-11(3)7-12(14)4/h5-7,10,13H,8-9H2,1-4H3. The summed E-state index contributed by atoms with van der Waals surface area (Å²) in [7, 11) is 0. The lowest BCUT2D eigenvalue weighted by atomic mass is 10.1. The molecule has 0 spiro atoms. The fourth-order valence-electron chi connectivity index (χ4n) is 2.86. The Labute approximate surface area is 130 Å². The van der Waals surface area contributed by atoms with Crippen molar-refractivity contribution in [1.82, 2.24) is 10.1 Å².